The fourth-order valence-electron chi connectivity index (χ4n) is 2.97. The van der Waals surface area contributed by atoms with Crippen LogP contribution in [-0.2, 0) is 28.7 Å². The van der Waals surface area contributed by atoms with E-state index in [-0.39, 0.29) is 18.1 Å². The number of ether oxygens (including phenoxy) is 2. The van der Waals surface area contributed by atoms with Gasteiger partial charge < -0.3 is 51.4 Å². The normalized spacial score (nSPS) is 16.1. The molecule has 0 unspecified atom stereocenters. The van der Waals surface area contributed by atoms with Crippen molar-refractivity contribution in [1.82, 2.24) is 10.6 Å². The predicted octanol–water partition coefficient (Wildman–Crippen LogP) is -3.06. The Bertz CT molecular complexity index is 735. The Labute approximate surface area is 230 Å². The van der Waals surface area contributed by atoms with E-state index in [0.717, 1.165) is 0 Å². The van der Waals surface area contributed by atoms with Crippen LogP contribution in [-0.4, -0.2) is 142 Å². The molecule has 0 aromatic rings. The zero-order chi connectivity index (χ0) is 29.1. The van der Waals surface area contributed by atoms with Crippen molar-refractivity contribution in [2.75, 3.05) is 62.5 Å². The summed E-state index contributed by atoms with van der Waals surface area (Å²) >= 11 is 2.55. The predicted molar refractivity (Wildman–Crippen MR) is 142 cm³/mol. The number of hydrogen-bond acceptors (Lipinski definition) is 13. The molecule has 0 radical (unpaired) electrons. The lowest BCUT2D eigenvalue weighted by Gasteiger charge is -2.33. The number of carbonyl (C=O) groups excluding carboxylic acids is 3. The van der Waals surface area contributed by atoms with Gasteiger partial charge in [-0.25, -0.2) is 4.79 Å². The van der Waals surface area contributed by atoms with Gasteiger partial charge in [0.15, 0.2) is 5.78 Å². The van der Waals surface area contributed by atoms with Gasteiger partial charge in [0.1, 0.15) is 12.2 Å². The van der Waals surface area contributed by atoms with E-state index in [9.17, 15) is 44.7 Å². The molecule has 0 aliphatic carbocycles. The molecule has 0 heterocycles. The second kappa shape index (κ2) is 20.4. The highest BCUT2D eigenvalue weighted by atomic mass is 32.2. The monoisotopic (exact) mass is 587 g/mol. The van der Waals surface area contributed by atoms with E-state index in [2.05, 4.69) is 10.6 Å². The van der Waals surface area contributed by atoms with Crippen molar-refractivity contribution in [2.24, 2.45) is 5.73 Å². The molecule has 0 aromatic heterocycles. The van der Waals surface area contributed by atoms with Gasteiger partial charge in [0.25, 0.3) is 0 Å². The van der Waals surface area contributed by atoms with Crippen molar-refractivity contribution in [3.8, 4) is 0 Å². The fraction of sp³-hybridized carbons (Fsp3) is 0.818. The zero-order valence-electron chi connectivity index (χ0n) is 21.7. The molecular formula is C22H41N3O11S2. The summed E-state index contributed by atoms with van der Waals surface area (Å²) in [5.41, 5.74) is 1.67. The van der Waals surface area contributed by atoms with Crippen molar-refractivity contribution in [2.45, 2.75) is 50.2 Å². The average Bonchev–Trinajstić information content (AvgIpc) is 2.89. The highest BCUT2D eigenvalue weighted by Crippen LogP contribution is 2.21. The van der Waals surface area contributed by atoms with E-state index >= 15 is 0 Å². The lowest BCUT2D eigenvalue weighted by molar-refractivity contribution is -0.191. The molecule has 14 nitrogen and oxygen atoms in total. The van der Waals surface area contributed by atoms with Crippen molar-refractivity contribution in [3.63, 3.8) is 0 Å². The Kier molecular flexibility index (Phi) is 19.6. The first-order chi connectivity index (χ1) is 17.9. The van der Waals surface area contributed by atoms with Crippen LogP contribution in [0.25, 0.3) is 0 Å². The number of rotatable bonds is 23. The van der Waals surface area contributed by atoms with Crippen molar-refractivity contribution in [3.05, 3.63) is 0 Å². The summed E-state index contributed by atoms with van der Waals surface area (Å²) in [7, 11) is 0. The molecule has 2 amide bonds. The minimum atomic E-state index is -3.52. The number of nitrogens with two attached hydrogens (primary N) is 1. The third-order valence-electron chi connectivity index (χ3n) is 5.10. The third-order valence-corrected chi connectivity index (χ3v) is 6.94. The second-order valence-corrected chi connectivity index (χ2v) is 10.2. The topological polar surface area (TPSA) is 238 Å². The van der Waals surface area contributed by atoms with Crippen LogP contribution in [0.15, 0.2) is 0 Å². The van der Waals surface area contributed by atoms with Crippen LogP contribution in [0.3, 0.4) is 0 Å². The summed E-state index contributed by atoms with van der Waals surface area (Å²) in [4.78, 5) is 49.3. The van der Waals surface area contributed by atoms with Crippen LogP contribution in [0.1, 0.15) is 20.3 Å². The fourth-order valence-corrected chi connectivity index (χ4v) is 4.29. The largest absolute Gasteiger partial charge is 0.479 e. The molecule has 0 spiro atoms. The van der Waals surface area contributed by atoms with Gasteiger partial charge >= 0.3 is 5.97 Å². The summed E-state index contributed by atoms with van der Waals surface area (Å²) in [5, 5.41) is 55.0. The number of carboxylic acid groups (broad SMARTS) is 1. The van der Waals surface area contributed by atoms with E-state index < -0.39 is 66.5 Å². The minimum Gasteiger partial charge on any atom is -0.479 e. The summed E-state index contributed by atoms with van der Waals surface area (Å²) in [6, 6.07) is -1.16. The lowest BCUT2D eigenvalue weighted by Crippen LogP contribution is -2.63. The van der Waals surface area contributed by atoms with E-state index in [1.165, 1.54) is 23.5 Å². The number of amides is 2. The Morgan fingerprint density at radius 1 is 0.947 bits per heavy atom. The Morgan fingerprint density at radius 3 is 1.95 bits per heavy atom. The number of hydrogen-bond donors (Lipinski definition) is 8. The standard InChI is InChI=1S/C22H41N3O11S2/c1-3-35-5-7-37-12-17(28)24-11-14(25-18(29)13-38-8-6-36-4-2)9-16(27)22(34,21(32)33)20(31)19(30)15(26)10-23/h14-15,19-20,26,30-31,34H,3-13,23H2,1-2H3,(H,24,28)(H,25,29)(H,32,33)/t14-,15+,19+,20-,22+/m0/s1. The van der Waals surface area contributed by atoms with Crippen molar-refractivity contribution >= 4 is 47.1 Å². The maximum absolute atomic E-state index is 12.9. The number of aliphatic carboxylic acids is 1. The molecule has 0 aliphatic rings. The SMILES string of the molecule is CCOCCSCC(=O)NC[C@H](CC(=O)[C@](O)(C(=O)O)[C@@H](O)[C@H](O)[C@H](O)CN)NC(=O)CSCCOCC. The molecule has 0 aliphatic heterocycles. The van der Waals surface area contributed by atoms with Crippen molar-refractivity contribution < 1.29 is 54.2 Å². The average molecular weight is 588 g/mol. The summed E-state index contributed by atoms with van der Waals surface area (Å²) < 4.78 is 10.4. The van der Waals surface area contributed by atoms with Crippen LogP contribution in [0.5, 0.6) is 0 Å². The van der Waals surface area contributed by atoms with Gasteiger partial charge in [0.2, 0.25) is 17.4 Å². The molecule has 5 atom stereocenters. The smallest absolute Gasteiger partial charge is 0.346 e. The maximum atomic E-state index is 12.9. The quantitative estimate of drug-likeness (QED) is 0.0438. The van der Waals surface area contributed by atoms with Crippen LogP contribution in [0.2, 0.25) is 0 Å². The Morgan fingerprint density at radius 2 is 1.47 bits per heavy atom. The number of nitrogens with one attached hydrogen (secondary N) is 2. The summed E-state index contributed by atoms with van der Waals surface area (Å²) in [5.74, 6) is -3.45. The van der Waals surface area contributed by atoms with Crippen LogP contribution in [0, 0.1) is 0 Å². The van der Waals surface area contributed by atoms with Gasteiger partial charge in [-0.3, -0.25) is 14.4 Å². The van der Waals surface area contributed by atoms with E-state index in [4.69, 9.17) is 15.2 Å². The van der Waals surface area contributed by atoms with Gasteiger partial charge in [0.05, 0.1) is 36.9 Å². The van der Waals surface area contributed by atoms with Crippen LogP contribution < -0.4 is 16.4 Å². The molecule has 0 saturated heterocycles. The number of Topliss-reactive ketones (excluding diaryl/α,β-unsaturated/α-hetero) is 1. The van der Waals surface area contributed by atoms with Crippen LogP contribution in [0.4, 0.5) is 0 Å². The van der Waals surface area contributed by atoms with Crippen molar-refractivity contribution in [1.29, 1.82) is 0 Å². The highest BCUT2D eigenvalue weighted by molar-refractivity contribution is 8.00. The molecule has 16 heteroatoms. The Hall–Kier alpha value is -1.50. The minimum absolute atomic E-state index is 0.0216. The molecular weight excluding hydrogens is 546 g/mol. The molecule has 9 N–H and O–H groups in total. The number of thioether (sulfide) groups is 2. The third kappa shape index (κ3) is 13.5. The molecule has 0 rings (SSSR count). The van der Waals surface area contributed by atoms with Gasteiger partial charge in [-0.05, 0) is 13.8 Å². The summed E-state index contributed by atoms with van der Waals surface area (Å²) in [6.07, 6.45) is -7.54. The molecule has 0 aromatic carbocycles. The zero-order valence-corrected chi connectivity index (χ0v) is 23.3. The van der Waals surface area contributed by atoms with Gasteiger partial charge in [-0.15, -0.1) is 23.5 Å². The highest BCUT2D eigenvalue weighted by Gasteiger charge is 2.54. The number of aliphatic hydroxyl groups is 4. The maximum Gasteiger partial charge on any atom is 0.346 e. The van der Waals surface area contributed by atoms with Crippen LogP contribution >= 0.6 is 23.5 Å². The van der Waals surface area contributed by atoms with Gasteiger partial charge in [-0.2, -0.15) is 0 Å². The van der Waals surface area contributed by atoms with E-state index in [1.807, 2.05) is 13.8 Å². The van der Waals surface area contributed by atoms with Gasteiger partial charge in [-0.1, -0.05) is 0 Å². The summed E-state index contributed by atoms with van der Waals surface area (Å²) in [6.45, 7) is 4.76. The molecule has 38 heavy (non-hydrogen) atoms. The van der Waals surface area contributed by atoms with E-state index in [1.54, 1.807) is 0 Å². The van der Waals surface area contributed by atoms with Gasteiger partial charge in [0, 0.05) is 44.2 Å². The first-order valence-corrected chi connectivity index (χ1v) is 14.4. The number of aliphatic hydroxyl groups excluding tert-OH is 3. The number of carbonyl (C=O) groups is 4. The molecule has 0 saturated carbocycles. The first kappa shape index (κ1) is 36.5. The number of carboxylic acids is 1. The van der Waals surface area contributed by atoms with E-state index in [0.29, 0.717) is 37.9 Å². The Balaban J connectivity index is 5.39. The molecule has 0 fully saturated rings. The molecule has 222 valence electrons. The second-order valence-electron chi connectivity index (χ2n) is 8.00. The number of ketones is 1. The first-order valence-electron chi connectivity index (χ1n) is 12.1. The lowest BCUT2D eigenvalue weighted by atomic mass is 9.84. The molecule has 0 bridgehead atoms.